The molecule has 0 fully saturated rings. The Morgan fingerprint density at radius 3 is 1.92 bits per heavy atom. The predicted molar refractivity (Wildman–Crippen MR) is 106 cm³/mol. The van der Waals surface area contributed by atoms with E-state index in [0.717, 1.165) is 12.0 Å². The van der Waals surface area contributed by atoms with E-state index in [0.29, 0.717) is 0 Å². The number of ketones is 1. The van der Waals surface area contributed by atoms with E-state index < -0.39 is 0 Å². The third kappa shape index (κ3) is 8.66. The molecule has 0 radical (unpaired) electrons. The molecule has 0 aromatic heterocycles. The number of carbonyl (C=O) groups excluding carboxylic acids is 1. The Morgan fingerprint density at radius 1 is 0.833 bits per heavy atom. The standard InChI is InChI=1S/C23H38O/c1-5-6-7-8-9-10-11-12-13-14-16-20-17-15-18-21(19-20)22(24)23(2,3)4/h15,17-19H,5-14,16H2,1-4H3. The molecular weight excluding hydrogens is 292 g/mol. The molecule has 0 unspecified atom stereocenters. The van der Waals surface area contributed by atoms with E-state index in [1.165, 1.54) is 69.8 Å². The van der Waals surface area contributed by atoms with Crippen molar-refractivity contribution < 1.29 is 4.79 Å². The summed E-state index contributed by atoms with van der Waals surface area (Å²) in [7, 11) is 0. The molecule has 0 atom stereocenters. The second-order valence-electron chi connectivity index (χ2n) is 8.21. The second-order valence-corrected chi connectivity index (χ2v) is 8.21. The summed E-state index contributed by atoms with van der Waals surface area (Å²) in [6.45, 7) is 8.24. The van der Waals surface area contributed by atoms with Gasteiger partial charge in [0, 0.05) is 11.0 Å². The van der Waals surface area contributed by atoms with Gasteiger partial charge in [0.1, 0.15) is 0 Å². The van der Waals surface area contributed by atoms with Gasteiger partial charge in [-0.1, -0.05) is 104 Å². The quantitative estimate of drug-likeness (QED) is 0.288. The van der Waals surface area contributed by atoms with Crippen LogP contribution in [0, 0.1) is 5.41 Å². The number of aryl methyl sites for hydroxylation is 1. The zero-order valence-corrected chi connectivity index (χ0v) is 16.5. The summed E-state index contributed by atoms with van der Waals surface area (Å²) >= 11 is 0. The lowest BCUT2D eigenvalue weighted by molar-refractivity contribution is 0.0858. The lowest BCUT2D eigenvalue weighted by Gasteiger charge is -2.17. The first-order chi connectivity index (χ1) is 11.4. The molecule has 1 nitrogen and oxygen atoms in total. The lowest BCUT2D eigenvalue weighted by Crippen LogP contribution is -2.20. The molecule has 0 spiro atoms. The molecule has 0 heterocycles. The number of hydrogen-bond donors (Lipinski definition) is 0. The van der Waals surface area contributed by atoms with Crippen molar-refractivity contribution in [3.8, 4) is 0 Å². The van der Waals surface area contributed by atoms with Gasteiger partial charge in [0.15, 0.2) is 5.78 Å². The molecule has 0 N–H and O–H groups in total. The van der Waals surface area contributed by atoms with Crippen LogP contribution in [0.25, 0.3) is 0 Å². The number of carbonyl (C=O) groups is 1. The largest absolute Gasteiger partial charge is 0.294 e. The number of hydrogen-bond acceptors (Lipinski definition) is 1. The summed E-state index contributed by atoms with van der Waals surface area (Å²) in [5.74, 6) is 0.243. The van der Waals surface area contributed by atoms with Gasteiger partial charge >= 0.3 is 0 Å². The van der Waals surface area contributed by atoms with Crippen LogP contribution in [0.1, 0.15) is 108 Å². The molecule has 0 amide bonds. The van der Waals surface area contributed by atoms with Crippen LogP contribution < -0.4 is 0 Å². The first kappa shape index (κ1) is 20.9. The fraction of sp³-hybridized carbons (Fsp3) is 0.696. The van der Waals surface area contributed by atoms with Crippen LogP contribution in [0.2, 0.25) is 0 Å². The normalized spacial score (nSPS) is 11.7. The van der Waals surface area contributed by atoms with Crippen molar-refractivity contribution in [2.75, 3.05) is 0 Å². The summed E-state index contributed by atoms with van der Waals surface area (Å²) < 4.78 is 0. The summed E-state index contributed by atoms with van der Waals surface area (Å²) in [5, 5.41) is 0. The molecule has 0 aliphatic rings. The van der Waals surface area contributed by atoms with Gasteiger partial charge in [-0.05, 0) is 24.5 Å². The van der Waals surface area contributed by atoms with Crippen LogP contribution in [-0.4, -0.2) is 5.78 Å². The van der Waals surface area contributed by atoms with E-state index in [-0.39, 0.29) is 11.2 Å². The Labute approximate surface area is 150 Å². The van der Waals surface area contributed by atoms with E-state index in [2.05, 4.69) is 19.1 Å². The van der Waals surface area contributed by atoms with Crippen molar-refractivity contribution >= 4 is 5.78 Å². The topological polar surface area (TPSA) is 17.1 Å². The van der Waals surface area contributed by atoms with Crippen LogP contribution in [-0.2, 0) is 6.42 Å². The Hall–Kier alpha value is -1.11. The second kappa shape index (κ2) is 11.4. The molecule has 136 valence electrons. The van der Waals surface area contributed by atoms with Crippen LogP contribution >= 0.6 is 0 Å². The third-order valence-corrected chi connectivity index (χ3v) is 4.69. The van der Waals surface area contributed by atoms with Gasteiger partial charge in [-0.15, -0.1) is 0 Å². The highest BCUT2D eigenvalue weighted by molar-refractivity contribution is 5.99. The Kier molecular flexibility index (Phi) is 9.98. The van der Waals surface area contributed by atoms with Crippen molar-refractivity contribution in [2.24, 2.45) is 5.41 Å². The summed E-state index contributed by atoms with van der Waals surface area (Å²) in [5.41, 5.74) is 1.88. The molecule has 1 aromatic carbocycles. The minimum atomic E-state index is -0.296. The van der Waals surface area contributed by atoms with Crippen LogP contribution in [0.3, 0.4) is 0 Å². The maximum absolute atomic E-state index is 12.4. The molecule has 1 heteroatoms. The van der Waals surface area contributed by atoms with Crippen LogP contribution in [0.15, 0.2) is 24.3 Å². The summed E-state index contributed by atoms with van der Waals surface area (Å²) in [6.07, 6.45) is 14.8. The number of Topliss-reactive ketones (excluding diaryl/α,β-unsaturated/α-hetero) is 1. The first-order valence-electron chi connectivity index (χ1n) is 10.1. The number of rotatable bonds is 12. The summed E-state index contributed by atoms with van der Waals surface area (Å²) in [6, 6.07) is 8.24. The van der Waals surface area contributed by atoms with E-state index in [9.17, 15) is 4.79 Å². The van der Waals surface area contributed by atoms with E-state index in [1.54, 1.807) is 0 Å². The third-order valence-electron chi connectivity index (χ3n) is 4.69. The maximum Gasteiger partial charge on any atom is 0.168 e. The first-order valence-corrected chi connectivity index (χ1v) is 10.1. The summed E-state index contributed by atoms with van der Waals surface area (Å²) in [4.78, 5) is 12.4. The van der Waals surface area contributed by atoms with Crippen LogP contribution in [0.5, 0.6) is 0 Å². The molecule has 0 bridgehead atoms. The minimum absolute atomic E-state index is 0.243. The molecule has 0 saturated heterocycles. The van der Waals surface area contributed by atoms with Gasteiger partial charge in [-0.25, -0.2) is 0 Å². The molecule has 1 aromatic rings. The average molecular weight is 331 g/mol. The fourth-order valence-electron chi connectivity index (χ4n) is 3.12. The lowest BCUT2D eigenvalue weighted by atomic mass is 9.86. The van der Waals surface area contributed by atoms with Gasteiger partial charge in [0.2, 0.25) is 0 Å². The maximum atomic E-state index is 12.4. The van der Waals surface area contributed by atoms with E-state index >= 15 is 0 Å². The number of benzene rings is 1. The fourth-order valence-corrected chi connectivity index (χ4v) is 3.12. The smallest absolute Gasteiger partial charge is 0.168 e. The van der Waals surface area contributed by atoms with Gasteiger partial charge in [0.05, 0.1) is 0 Å². The highest BCUT2D eigenvalue weighted by Crippen LogP contribution is 2.22. The van der Waals surface area contributed by atoms with Gasteiger partial charge < -0.3 is 0 Å². The Balaban J connectivity index is 2.19. The molecule has 0 aliphatic heterocycles. The zero-order valence-electron chi connectivity index (χ0n) is 16.5. The Bertz CT molecular complexity index is 467. The Morgan fingerprint density at radius 2 is 1.38 bits per heavy atom. The van der Waals surface area contributed by atoms with Crippen molar-refractivity contribution in [3.63, 3.8) is 0 Å². The van der Waals surface area contributed by atoms with Gasteiger partial charge in [-0.2, -0.15) is 0 Å². The van der Waals surface area contributed by atoms with E-state index in [1.807, 2.05) is 32.9 Å². The van der Waals surface area contributed by atoms with Crippen molar-refractivity contribution in [1.82, 2.24) is 0 Å². The van der Waals surface area contributed by atoms with E-state index in [4.69, 9.17) is 0 Å². The molecular formula is C23H38O. The van der Waals surface area contributed by atoms with Crippen LogP contribution in [0.4, 0.5) is 0 Å². The highest BCUT2D eigenvalue weighted by atomic mass is 16.1. The SMILES string of the molecule is CCCCCCCCCCCCc1cccc(C(=O)C(C)(C)C)c1. The van der Waals surface area contributed by atoms with Crippen molar-refractivity contribution in [3.05, 3.63) is 35.4 Å². The van der Waals surface area contributed by atoms with Gasteiger partial charge in [0.25, 0.3) is 0 Å². The highest BCUT2D eigenvalue weighted by Gasteiger charge is 2.22. The van der Waals surface area contributed by atoms with Gasteiger partial charge in [-0.3, -0.25) is 4.79 Å². The average Bonchev–Trinajstić information content (AvgIpc) is 2.55. The van der Waals surface area contributed by atoms with Crippen molar-refractivity contribution in [2.45, 2.75) is 98.3 Å². The predicted octanol–water partition coefficient (Wildman–Crippen LogP) is 7.38. The van der Waals surface area contributed by atoms with Crippen molar-refractivity contribution in [1.29, 1.82) is 0 Å². The molecule has 0 aliphatic carbocycles. The zero-order chi connectivity index (χ0) is 17.8. The molecule has 24 heavy (non-hydrogen) atoms. The molecule has 0 saturated carbocycles. The molecule has 1 rings (SSSR count). The monoisotopic (exact) mass is 330 g/mol. The number of unbranched alkanes of at least 4 members (excludes halogenated alkanes) is 9. The minimum Gasteiger partial charge on any atom is -0.294 e.